The Morgan fingerprint density at radius 1 is 1.09 bits per heavy atom. The van der Waals surface area contributed by atoms with Gasteiger partial charge in [-0.3, -0.25) is 14.4 Å². The normalized spacial score (nSPS) is 13.1. The van der Waals surface area contributed by atoms with E-state index >= 15 is 0 Å². The van der Waals surface area contributed by atoms with E-state index in [2.05, 4.69) is 4.72 Å². The number of ether oxygens (including phenoxy) is 1. The Morgan fingerprint density at radius 3 is 2.59 bits per heavy atom. The Balaban J connectivity index is 1.49. The number of aromatic nitrogens is 1. The number of anilines is 2. The molecule has 1 aromatic heterocycles. The maximum absolute atomic E-state index is 13.2. The van der Waals surface area contributed by atoms with E-state index in [9.17, 15) is 18.0 Å². The number of hydrogen-bond donors (Lipinski definition) is 1. The summed E-state index contributed by atoms with van der Waals surface area (Å²) in [7, 11) is -3.49. The number of nitrogens with zero attached hydrogens (tertiary/aromatic N) is 2. The first-order valence-electron chi connectivity index (χ1n) is 10.9. The molecule has 0 unspecified atom stereocenters. The second-order valence-corrected chi connectivity index (χ2v) is 10.9. The molecular weight excluding hydrogens is 474 g/mol. The number of amides is 1. The van der Waals surface area contributed by atoms with Crippen molar-refractivity contribution in [2.75, 3.05) is 22.5 Å². The number of benzene rings is 2. The van der Waals surface area contributed by atoms with Crippen molar-refractivity contribution in [1.82, 2.24) is 4.98 Å². The van der Waals surface area contributed by atoms with Crippen LogP contribution in [-0.2, 0) is 38.9 Å². The van der Waals surface area contributed by atoms with Crippen LogP contribution in [0.3, 0.4) is 0 Å². The van der Waals surface area contributed by atoms with Crippen LogP contribution in [0, 0.1) is 0 Å². The van der Waals surface area contributed by atoms with Gasteiger partial charge in [0.1, 0.15) is 0 Å². The number of esters is 1. The molecule has 0 fully saturated rings. The van der Waals surface area contributed by atoms with Crippen LogP contribution in [0.15, 0.2) is 54.6 Å². The van der Waals surface area contributed by atoms with Crippen molar-refractivity contribution < 1.29 is 22.7 Å². The van der Waals surface area contributed by atoms with Gasteiger partial charge in [0.25, 0.3) is 5.91 Å². The monoisotopic (exact) mass is 499 g/mol. The smallest absolute Gasteiger partial charge is 0.338 e. The van der Waals surface area contributed by atoms with Crippen LogP contribution in [0.5, 0.6) is 0 Å². The molecule has 1 amide bonds. The van der Waals surface area contributed by atoms with Crippen LogP contribution in [-0.4, -0.2) is 38.1 Å². The lowest BCUT2D eigenvalue weighted by Gasteiger charge is -2.20. The summed E-state index contributed by atoms with van der Waals surface area (Å²) in [6.07, 6.45) is 5.10. The molecule has 0 radical (unpaired) electrons. The van der Waals surface area contributed by atoms with Crippen molar-refractivity contribution >= 4 is 44.1 Å². The number of nitrogens with one attached hydrogen (secondary N) is 1. The fraction of sp³-hybridized carbons (Fsp3) is 0.292. The molecule has 4 rings (SSSR count). The van der Waals surface area contributed by atoms with Crippen molar-refractivity contribution in [2.24, 2.45) is 0 Å². The minimum absolute atomic E-state index is 0.140. The zero-order valence-electron chi connectivity index (χ0n) is 18.7. The summed E-state index contributed by atoms with van der Waals surface area (Å²) >= 11 is 1.52. The van der Waals surface area contributed by atoms with Gasteiger partial charge in [-0.1, -0.05) is 36.4 Å². The van der Waals surface area contributed by atoms with Gasteiger partial charge in [-0.2, -0.15) is 0 Å². The molecule has 0 spiro atoms. The maximum atomic E-state index is 13.2. The predicted octanol–water partition coefficient (Wildman–Crippen LogP) is 3.78. The summed E-state index contributed by atoms with van der Waals surface area (Å²) in [5, 5.41) is 0.608. The molecule has 34 heavy (non-hydrogen) atoms. The molecule has 3 aromatic rings. The van der Waals surface area contributed by atoms with Crippen LogP contribution in [0.25, 0.3) is 0 Å². The summed E-state index contributed by atoms with van der Waals surface area (Å²) in [6.45, 7) is -0.142. The van der Waals surface area contributed by atoms with Crippen molar-refractivity contribution in [3.63, 3.8) is 0 Å². The fourth-order valence-corrected chi connectivity index (χ4v) is 5.41. The lowest BCUT2D eigenvalue weighted by molar-refractivity contribution is -0.121. The third-order valence-corrected chi connectivity index (χ3v) is 7.06. The highest BCUT2D eigenvalue weighted by Gasteiger charge is 2.24. The van der Waals surface area contributed by atoms with Gasteiger partial charge in [0.05, 0.1) is 24.1 Å². The van der Waals surface area contributed by atoms with E-state index in [1.807, 2.05) is 30.3 Å². The van der Waals surface area contributed by atoms with Crippen molar-refractivity contribution in [1.29, 1.82) is 0 Å². The van der Waals surface area contributed by atoms with Crippen LogP contribution in [0.4, 0.5) is 10.8 Å². The van der Waals surface area contributed by atoms with Gasteiger partial charge in [0, 0.05) is 10.6 Å². The molecule has 10 heteroatoms. The number of thiazole rings is 1. The Morgan fingerprint density at radius 2 is 1.85 bits per heavy atom. The first kappa shape index (κ1) is 23.9. The average molecular weight is 500 g/mol. The largest absolute Gasteiger partial charge is 0.452 e. The van der Waals surface area contributed by atoms with Gasteiger partial charge in [-0.05, 0) is 49.4 Å². The molecule has 0 saturated heterocycles. The molecule has 1 aliphatic rings. The summed E-state index contributed by atoms with van der Waals surface area (Å²) in [5.41, 5.74) is 2.36. The van der Waals surface area contributed by atoms with Crippen LogP contribution in [0.2, 0.25) is 0 Å². The first-order chi connectivity index (χ1) is 16.3. The van der Waals surface area contributed by atoms with Gasteiger partial charge in [-0.25, -0.2) is 18.2 Å². The third-order valence-electron chi connectivity index (χ3n) is 5.28. The highest BCUT2D eigenvalue weighted by atomic mass is 32.2. The van der Waals surface area contributed by atoms with Crippen LogP contribution < -0.4 is 9.62 Å². The van der Waals surface area contributed by atoms with Gasteiger partial charge in [-0.15, -0.1) is 11.3 Å². The Bertz CT molecular complexity index is 1270. The zero-order valence-corrected chi connectivity index (χ0v) is 20.3. The number of sulfonamides is 1. The molecule has 0 bridgehead atoms. The van der Waals surface area contributed by atoms with E-state index in [1.165, 1.54) is 40.5 Å². The zero-order chi connectivity index (χ0) is 24.1. The fourth-order valence-electron chi connectivity index (χ4n) is 3.69. The highest BCUT2D eigenvalue weighted by molar-refractivity contribution is 7.92. The van der Waals surface area contributed by atoms with E-state index in [-0.39, 0.29) is 17.2 Å². The summed E-state index contributed by atoms with van der Waals surface area (Å²) < 4.78 is 30.5. The van der Waals surface area contributed by atoms with Gasteiger partial charge < -0.3 is 4.74 Å². The number of carbonyl (C=O) groups excluding carboxylic acids is 2. The first-order valence-corrected chi connectivity index (χ1v) is 13.6. The molecule has 1 heterocycles. The average Bonchev–Trinajstić information content (AvgIpc) is 3.24. The van der Waals surface area contributed by atoms with Gasteiger partial charge >= 0.3 is 5.97 Å². The van der Waals surface area contributed by atoms with E-state index in [1.54, 1.807) is 4.90 Å². The molecule has 0 aliphatic heterocycles. The van der Waals surface area contributed by atoms with E-state index in [4.69, 9.17) is 9.72 Å². The second kappa shape index (κ2) is 10.4. The topological polar surface area (TPSA) is 106 Å². The summed E-state index contributed by atoms with van der Waals surface area (Å²) in [5.74, 6) is -1.10. The third kappa shape index (κ3) is 6.21. The number of aryl methyl sites for hydroxylation is 2. The Hall–Kier alpha value is -3.24. The molecule has 0 atom stereocenters. The molecule has 0 saturated carbocycles. The Labute approximate surface area is 202 Å². The number of carbonyl (C=O) groups is 2. The van der Waals surface area contributed by atoms with Gasteiger partial charge in [0.2, 0.25) is 10.0 Å². The quantitative estimate of drug-likeness (QED) is 0.473. The molecule has 2 aromatic carbocycles. The molecule has 178 valence electrons. The predicted molar refractivity (Wildman–Crippen MR) is 132 cm³/mol. The minimum atomic E-state index is -3.49. The molecule has 1 N–H and O–H groups in total. The van der Waals surface area contributed by atoms with Crippen molar-refractivity contribution in [3.8, 4) is 0 Å². The van der Waals surface area contributed by atoms with Crippen molar-refractivity contribution in [3.05, 3.63) is 76.3 Å². The molecule has 8 nitrogen and oxygen atoms in total. The highest BCUT2D eigenvalue weighted by Crippen LogP contribution is 2.32. The summed E-state index contributed by atoms with van der Waals surface area (Å²) in [6, 6.07) is 15.5. The van der Waals surface area contributed by atoms with E-state index < -0.39 is 22.6 Å². The minimum Gasteiger partial charge on any atom is -0.452 e. The maximum Gasteiger partial charge on any atom is 0.338 e. The SMILES string of the molecule is CS(=O)(=O)Nc1cccc(C(=O)OCC(=O)N(Cc2ccccc2)c2nc3c(s2)CCCC3)c1. The lowest BCUT2D eigenvalue weighted by atomic mass is 10.0. The molecule has 1 aliphatic carbocycles. The number of fused-ring (bicyclic) bond motifs is 1. The van der Waals surface area contributed by atoms with Gasteiger partial charge in [0.15, 0.2) is 11.7 Å². The van der Waals surface area contributed by atoms with Crippen LogP contribution >= 0.6 is 11.3 Å². The lowest BCUT2D eigenvalue weighted by Crippen LogP contribution is -2.34. The number of rotatable bonds is 8. The van der Waals surface area contributed by atoms with Crippen molar-refractivity contribution in [2.45, 2.75) is 32.2 Å². The summed E-state index contributed by atoms with van der Waals surface area (Å²) in [4.78, 5) is 33.2. The second-order valence-electron chi connectivity index (χ2n) is 8.07. The molecular formula is C24H25N3O5S2. The van der Waals surface area contributed by atoms with E-state index in [0.717, 1.165) is 43.2 Å². The van der Waals surface area contributed by atoms with E-state index in [0.29, 0.717) is 11.7 Å². The number of hydrogen-bond acceptors (Lipinski definition) is 7. The Kier molecular flexibility index (Phi) is 7.28. The standard InChI is InChI=1S/C24H25N3O5S2/c1-34(30,31)26-19-11-7-10-18(14-19)23(29)32-16-22(28)27(15-17-8-3-2-4-9-17)24-25-20-12-5-6-13-21(20)33-24/h2-4,7-11,14,26H,5-6,12-13,15-16H2,1H3. The van der Waals surface area contributed by atoms with Crippen LogP contribution in [0.1, 0.15) is 39.3 Å².